The molecule has 0 amide bonds. The molecule has 6 nitrogen and oxygen atoms in total. The fourth-order valence-electron chi connectivity index (χ4n) is 2.84. The van der Waals surface area contributed by atoms with Crippen molar-refractivity contribution >= 4 is 27.4 Å². The lowest BCUT2D eigenvalue weighted by Crippen LogP contribution is -2.37. The number of nitrogens with zero attached hydrogens (tertiary/aromatic N) is 3. The number of hydrogen-bond acceptors (Lipinski definition) is 5. The van der Waals surface area contributed by atoms with Gasteiger partial charge in [0.05, 0.1) is 16.0 Å². The summed E-state index contributed by atoms with van der Waals surface area (Å²) >= 11 is 3.42. The first-order valence-electron chi connectivity index (χ1n) is 7.08. The number of methoxy groups -OCH3 is 1. The molecule has 0 bridgehead atoms. The van der Waals surface area contributed by atoms with Gasteiger partial charge in [0.15, 0.2) is 0 Å². The third kappa shape index (κ3) is 3.91. The summed E-state index contributed by atoms with van der Waals surface area (Å²) in [6, 6.07) is 1.93. The minimum Gasteiger partial charge on any atom is -0.383 e. The van der Waals surface area contributed by atoms with E-state index in [0.717, 1.165) is 25.2 Å². The van der Waals surface area contributed by atoms with Gasteiger partial charge in [-0.2, -0.15) is 0 Å². The second-order valence-electron chi connectivity index (χ2n) is 5.51. The van der Waals surface area contributed by atoms with Gasteiger partial charge in [-0.05, 0) is 41.1 Å². The maximum absolute atomic E-state index is 10.8. The lowest BCUT2D eigenvalue weighted by atomic mass is 10.1. The summed E-state index contributed by atoms with van der Waals surface area (Å²) < 4.78 is 5.85. The van der Waals surface area contributed by atoms with Crippen LogP contribution in [0.4, 0.5) is 11.5 Å². The predicted octanol–water partition coefficient (Wildman–Crippen LogP) is 3.39. The molecule has 2 atom stereocenters. The molecule has 2 unspecified atom stereocenters. The minimum absolute atomic E-state index is 0.00268. The van der Waals surface area contributed by atoms with Gasteiger partial charge in [-0.1, -0.05) is 6.92 Å². The Morgan fingerprint density at radius 3 is 2.86 bits per heavy atom. The Balaban J connectivity index is 2.25. The summed E-state index contributed by atoms with van der Waals surface area (Å²) in [6.45, 7) is 3.60. The molecule has 0 radical (unpaired) electrons. The van der Waals surface area contributed by atoms with Gasteiger partial charge >= 0.3 is 0 Å². The Hall–Kier alpha value is -1.21. The Labute approximate surface area is 132 Å². The number of anilines is 1. The van der Waals surface area contributed by atoms with Crippen LogP contribution in [-0.4, -0.2) is 36.2 Å². The van der Waals surface area contributed by atoms with Crippen LogP contribution in [0, 0.1) is 16.0 Å². The van der Waals surface area contributed by atoms with E-state index in [2.05, 4.69) is 32.7 Å². The molecule has 1 aliphatic carbocycles. The molecule has 0 N–H and O–H groups in total. The van der Waals surface area contributed by atoms with Gasteiger partial charge in [-0.3, -0.25) is 10.1 Å². The molecule has 1 fully saturated rings. The van der Waals surface area contributed by atoms with Crippen molar-refractivity contribution < 1.29 is 9.66 Å². The second kappa shape index (κ2) is 7.17. The molecule has 0 aromatic carbocycles. The van der Waals surface area contributed by atoms with Crippen LogP contribution < -0.4 is 4.90 Å². The van der Waals surface area contributed by atoms with E-state index < -0.39 is 4.92 Å². The standard InChI is InChI=1S/C14H20BrN3O3/c1-10-3-4-11(7-10)17(5-6-21-2)14-13(15)8-12(9-16-14)18(19)20/h8-11H,3-7H2,1-2H3. The third-order valence-electron chi connectivity index (χ3n) is 3.93. The molecule has 1 aromatic heterocycles. The van der Waals surface area contributed by atoms with Crippen LogP contribution in [0.2, 0.25) is 0 Å². The number of pyridine rings is 1. The minimum atomic E-state index is -0.432. The van der Waals surface area contributed by atoms with Gasteiger partial charge in [-0.25, -0.2) is 4.98 Å². The van der Waals surface area contributed by atoms with Crippen molar-refractivity contribution in [1.29, 1.82) is 0 Å². The average molecular weight is 358 g/mol. The van der Waals surface area contributed by atoms with Gasteiger partial charge in [0.25, 0.3) is 5.69 Å². The molecule has 0 aliphatic heterocycles. The van der Waals surface area contributed by atoms with Gasteiger partial charge in [-0.15, -0.1) is 0 Å². The smallest absolute Gasteiger partial charge is 0.288 e. The van der Waals surface area contributed by atoms with E-state index in [9.17, 15) is 10.1 Å². The molecule has 1 aliphatic rings. The van der Waals surface area contributed by atoms with Crippen LogP contribution in [0.1, 0.15) is 26.2 Å². The summed E-state index contributed by atoms with van der Waals surface area (Å²) in [5.41, 5.74) is -0.00268. The molecule has 1 saturated carbocycles. The van der Waals surface area contributed by atoms with Gasteiger partial charge < -0.3 is 9.64 Å². The van der Waals surface area contributed by atoms with Crippen LogP contribution >= 0.6 is 15.9 Å². The van der Waals surface area contributed by atoms with Crippen LogP contribution in [-0.2, 0) is 4.74 Å². The number of hydrogen-bond donors (Lipinski definition) is 0. The van der Waals surface area contributed by atoms with E-state index in [1.165, 1.54) is 18.7 Å². The van der Waals surface area contributed by atoms with Crippen molar-refractivity contribution in [3.05, 3.63) is 26.9 Å². The van der Waals surface area contributed by atoms with E-state index in [1.807, 2.05) is 0 Å². The highest BCUT2D eigenvalue weighted by molar-refractivity contribution is 9.10. The van der Waals surface area contributed by atoms with Gasteiger partial charge in [0.1, 0.15) is 12.0 Å². The first kappa shape index (κ1) is 16.2. The normalized spacial score (nSPS) is 21.5. The first-order valence-corrected chi connectivity index (χ1v) is 7.87. The Bertz CT molecular complexity index is 512. The highest BCUT2D eigenvalue weighted by Gasteiger charge is 2.29. The van der Waals surface area contributed by atoms with Crippen LogP contribution in [0.15, 0.2) is 16.7 Å². The van der Waals surface area contributed by atoms with Crippen molar-refractivity contribution in [1.82, 2.24) is 4.98 Å². The largest absolute Gasteiger partial charge is 0.383 e. The van der Waals surface area contributed by atoms with E-state index in [0.29, 0.717) is 23.0 Å². The van der Waals surface area contributed by atoms with Crippen molar-refractivity contribution in [2.45, 2.75) is 32.2 Å². The highest BCUT2D eigenvalue weighted by Crippen LogP contribution is 2.35. The Kier molecular flexibility index (Phi) is 5.52. The lowest BCUT2D eigenvalue weighted by molar-refractivity contribution is -0.385. The molecule has 0 spiro atoms. The summed E-state index contributed by atoms with van der Waals surface area (Å²) in [7, 11) is 1.67. The number of rotatable bonds is 6. The quantitative estimate of drug-likeness (QED) is 0.576. The maximum atomic E-state index is 10.8. The molecule has 0 saturated heterocycles. The van der Waals surface area contributed by atoms with E-state index in [1.54, 1.807) is 7.11 Å². The molecular weight excluding hydrogens is 338 g/mol. The highest BCUT2D eigenvalue weighted by atomic mass is 79.9. The third-order valence-corrected chi connectivity index (χ3v) is 4.52. The van der Waals surface area contributed by atoms with Crippen molar-refractivity contribution in [3.8, 4) is 0 Å². The van der Waals surface area contributed by atoms with Crippen molar-refractivity contribution in [2.75, 3.05) is 25.2 Å². The molecule has 1 aromatic rings. The molecule has 116 valence electrons. The molecule has 7 heteroatoms. The summed E-state index contributed by atoms with van der Waals surface area (Å²) in [5, 5.41) is 10.8. The molecular formula is C14H20BrN3O3. The van der Waals surface area contributed by atoms with Crippen LogP contribution in [0.5, 0.6) is 0 Å². The van der Waals surface area contributed by atoms with Crippen molar-refractivity contribution in [2.24, 2.45) is 5.92 Å². The van der Waals surface area contributed by atoms with E-state index in [-0.39, 0.29) is 5.69 Å². The fraction of sp³-hybridized carbons (Fsp3) is 0.643. The van der Waals surface area contributed by atoms with Crippen LogP contribution in [0.3, 0.4) is 0 Å². The monoisotopic (exact) mass is 357 g/mol. The lowest BCUT2D eigenvalue weighted by Gasteiger charge is -2.30. The zero-order chi connectivity index (χ0) is 15.4. The molecule has 2 rings (SSSR count). The topological polar surface area (TPSA) is 68.5 Å². The Morgan fingerprint density at radius 2 is 2.33 bits per heavy atom. The maximum Gasteiger partial charge on any atom is 0.288 e. The van der Waals surface area contributed by atoms with Gasteiger partial charge in [0.2, 0.25) is 0 Å². The SMILES string of the molecule is COCCN(c1ncc([N+](=O)[O-])cc1Br)C1CCC(C)C1. The second-order valence-corrected chi connectivity index (χ2v) is 6.37. The Morgan fingerprint density at radius 1 is 1.57 bits per heavy atom. The zero-order valence-corrected chi connectivity index (χ0v) is 13.9. The summed E-state index contributed by atoms with van der Waals surface area (Å²) in [4.78, 5) is 16.9. The molecule has 1 heterocycles. The number of nitro groups is 1. The summed E-state index contributed by atoms with van der Waals surface area (Å²) in [6.07, 6.45) is 4.77. The van der Waals surface area contributed by atoms with Gasteiger partial charge in [0, 0.05) is 25.8 Å². The zero-order valence-electron chi connectivity index (χ0n) is 12.3. The first-order chi connectivity index (χ1) is 10.0. The fourth-order valence-corrected chi connectivity index (χ4v) is 3.41. The predicted molar refractivity (Wildman–Crippen MR) is 84.6 cm³/mol. The number of aromatic nitrogens is 1. The molecule has 21 heavy (non-hydrogen) atoms. The van der Waals surface area contributed by atoms with E-state index in [4.69, 9.17) is 4.74 Å². The number of halogens is 1. The number of ether oxygens (including phenoxy) is 1. The summed E-state index contributed by atoms with van der Waals surface area (Å²) in [5.74, 6) is 1.47. The van der Waals surface area contributed by atoms with Crippen LogP contribution in [0.25, 0.3) is 0 Å². The van der Waals surface area contributed by atoms with E-state index >= 15 is 0 Å². The van der Waals surface area contributed by atoms with Crippen molar-refractivity contribution in [3.63, 3.8) is 0 Å². The average Bonchev–Trinajstić information content (AvgIpc) is 2.87.